The first-order chi connectivity index (χ1) is 11.7. The predicted octanol–water partition coefficient (Wildman–Crippen LogP) is 2.11. The summed E-state index contributed by atoms with van der Waals surface area (Å²) in [5, 5.41) is 12.8. The Bertz CT molecular complexity index is 703. The van der Waals surface area contributed by atoms with Crippen LogP contribution in [0.25, 0.3) is 0 Å². The van der Waals surface area contributed by atoms with Gasteiger partial charge in [0.15, 0.2) is 22.6 Å². The first kappa shape index (κ1) is 19.6. The first-order valence-electron chi connectivity index (χ1n) is 7.72. The third kappa shape index (κ3) is 4.88. The number of benzene rings is 1. The molecule has 1 aromatic heterocycles. The molecule has 2 heterocycles. The summed E-state index contributed by atoms with van der Waals surface area (Å²) >= 11 is 1.65. The minimum absolute atomic E-state index is 0. The number of guanidine groups is 1. The van der Waals surface area contributed by atoms with Crippen molar-refractivity contribution in [2.24, 2.45) is 10.7 Å². The van der Waals surface area contributed by atoms with Gasteiger partial charge in [-0.15, -0.1) is 35.3 Å². The zero-order chi connectivity index (χ0) is 16.9. The van der Waals surface area contributed by atoms with E-state index in [4.69, 9.17) is 10.5 Å². The fourth-order valence-electron chi connectivity index (χ4n) is 2.61. The minimum atomic E-state index is 0. The number of phenolic OH excluding ortho intramolecular Hbond substituents is 1. The predicted molar refractivity (Wildman–Crippen MR) is 111 cm³/mol. The summed E-state index contributed by atoms with van der Waals surface area (Å²) in [5.41, 5.74) is 7.00. The van der Waals surface area contributed by atoms with Crippen molar-refractivity contribution in [1.29, 1.82) is 0 Å². The third-order valence-corrected chi connectivity index (χ3v) is 4.79. The molecule has 7 nitrogen and oxygen atoms in total. The smallest absolute Gasteiger partial charge is 0.191 e. The number of nitrogens with two attached hydrogens (primary N) is 1. The lowest BCUT2D eigenvalue weighted by Crippen LogP contribution is -2.51. The Morgan fingerprint density at radius 2 is 2.12 bits per heavy atom. The SMILES string of the molecule is COc1ccc(CN=C(N)N2CCN(c3nccs3)CC2)cc1O.I. The van der Waals surface area contributed by atoms with Crippen molar-refractivity contribution in [3.63, 3.8) is 0 Å². The fraction of sp³-hybridized carbons (Fsp3) is 0.375. The lowest BCUT2D eigenvalue weighted by atomic mass is 10.2. The highest BCUT2D eigenvalue weighted by Gasteiger charge is 2.19. The second-order valence-corrected chi connectivity index (χ2v) is 6.34. The highest BCUT2D eigenvalue weighted by atomic mass is 127. The molecule has 3 N–H and O–H groups in total. The molecule has 136 valence electrons. The average molecular weight is 475 g/mol. The van der Waals surface area contributed by atoms with Gasteiger partial charge in [0.1, 0.15) is 0 Å². The monoisotopic (exact) mass is 475 g/mol. The van der Waals surface area contributed by atoms with Crippen molar-refractivity contribution >= 4 is 46.4 Å². The van der Waals surface area contributed by atoms with Gasteiger partial charge in [-0.05, 0) is 17.7 Å². The normalized spacial score (nSPS) is 15.0. The second kappa shape index (κ2) is 9.09. The van der Waals surface area contributed by atoms with Crippen LogP contribution in [0.5, 0.6) is 11.5 Å². The number of aromatic nitrogens is 1. The Hall–Kier alpha value is -1.75. The molecule has 1 aromatic carbocycles. The maximum absolute atomic E-state index is 9.80. The maximum atomic E-state index is 9.80. The van der Waals surface area contributed by atoms with Gasteiger partial charge in [0.25, 0.3) is 0 Å². The van der Waals surface area contributed by atoms with Gasteiger partial charge in [0.2, 0.25) is 0 Å². The number of hydrogen-bond acceptors (Lipinski definition) is 6. The van der Waals surface area contributed by atoms with E-state index in [1.807, 2.05) is 17.6 Å². The van der Waals surface area contributed by atoms with Crippen LogP contribution in [-0.4, -0.2) is 54.2 Å². The van der Waals surface area contributed by atoms with Crippen LogP contribution >= 0.6 is 35.3 Å². The Balaban J connectivity index is 0.00000225. The summed E-state index contributed by atoms with van der Waals surface area (Å²) in [6.45, 7) is 3.84. The lowest BCUT2D eigenvalue weighted by Gasteiger charge is -2.35. The summed E-state index contributed by atoms with van der Waals surface area (Å²) < 4.78 is 5.03. The molecule has 0 spiro atoms. The number of anilines is 1. The number of phenols is 1. The quantitative estimate of drug-likeness (QED) is 0.400. The number of halogens is 1. The van der Waals surface area contributed by atoms with Crippen molar-refractivity contribution in [3.05, 3.63) is 35.3 Å². The summed E-state index contributed by atoms with van der Waals surface area (Å²) in [6, 6.07) is 5.24. The van der Waals surface area contributed by atoms with Crippen LogP contribution in [0.1, 0.15) is 5.56 Å². The number of aliphatic imine (C=N–C) groups is 1. The van der Waals surface area contributed by atoms with Crippen LogP contribution in [0.2, 0.25) is 0 Å². The molecule has 0 aliphatic carbocycles. The molecule has 0 saturated carbocycles. The van der Waals surface area contributed by atoms with Crippen LogP contribution in [-0.2, 0) is 6.54 Å². The number of piperazine rings is 1. The van der Waals surface area contributed by atoms with Crippen LogP contribution in [0.15, 0.2) is 34.8 Å². The highest BCUT2D eigenvalue weighted by Crippen LogP contribution is 2.26. The van der Waals surface area contributed by atoms with Crippen LogP contribution in [0, 0.1) is 0 Å². The molecule has 9 heteroatoms. The Morgan fingerprint density at radius 1 is 1.36 bits per heavy atom. The topological polar surface area (TPSA) is 87.2 Å². The van der Waals surface area contributed by atoms with E-state index in [1.165, 1.54) is 7.11 Å². The van der Waals surface area contributed by atoms with Crippen LogP contribution in [0.4, 0.5) is 5.13 Å². The summed E-state index contributed by atoms with van der Waals surface area (Å²) in [6.07, 6.45) is 1.83. The standard InChI is InChI=1S/C16H21N5O2S.HI/c1-23-14-3-2-12(10-13(14)22)11-19-15(17)20-5-7-21(8-6-20)16-18-4-9-24-16;/h2-4,9-10,22H,5-8,11H2,1H3,(H2,17,19);1H. The molecule has 0 atom stereocenters. The molecule has 0 unspecified atom stereocenters. The van der Waals surface area contributed by atoms with Gasteiger partial charge in [-0.1, -0.05) is 6.07 Å². The van der Waals surface area contributed by atoms with E-state index in [0.29, 0.717) is 18.3 Å². The molecule has 1 saturated heterocycles. The molecule has 0 radical (unpaired) electrons. The molecule has 1 aliphatic heterocycles. The number of ether oxygens (including phenoxy) is 1. The molecule has 0 amide bonds. The molecule has 25 heavy (non-hydrogen) atoms. The molecular formula is C16H22IN5O2S. The third-order valence-electron chi connectivity index (χ3n) is 3.96. The maximum Gasteiger partial charge on any atom is 0.191 e. The minimum Gasteiger partial charge on any atom is -0.504 e. The zero-order valence-corrected chi connectivity index (χ0v) is 17.1. The molecule has 2 aromatic rings. The first-order valence-corrected chi connectivity index (χ1v) is 8.60. The number of rotatable bonds is 4. The van der Waals surface area contributed by atoms with Gasteiger partial charge in [0.05, 0.1) is 13.7 Å². The Kier molecular flexibility index (Phi) is 7.12. The highest BCUT2D eigenvalue weighted by molar-refractivity contribution is 14.0. The van der Waals surface area contributed by atoms with Crippen LogP contribution in [0.3, 0.4) is 0 Å². The van der Waals surface area contributed by atoms with Gasteiger partial charge in [0, 0.05) is 37.8 Å². The van der Waals surface area contributed by atoms with E-state index in [0.717, 1.165) is 36.9 Å². The van der Waals surface area contributed by atoms with Gasteiger partial charge >= 0.3 is 0 Å². The molecule has 1 aliphatic rings. The Morgan fingerprint density at radius 3 is 2.72 bits per heavy atom. The zero-order valence-electron chi connectivity index (χ0n) is 14.0. The number of thiazole rings is 1. The molecular weight excluding hydrogens is 453 g/mol. The average Bonchev–Trinajstić information content (AvgIpc) is 3.14. The van der Waals surface area contributed by atoms with Crippen molar-refractivity contribution in [1.82, 2.24) is 9.88 Å². The van der Waals surface area contributed by atoms with Crippen molar-refractivity contribution < 1.29 is 9.84 Å². The van der Waals surface area contributed by atoms with Crippen molar-refractivity contribution in [3.8, 4) is 11.5 Å². The Labute approximate surface area is 168 Å². The van der Waals surface area contributed by atoms with Crippen molar-refractivity contribution in [2.75, 3.05) is 38.2 Å². The van der Waals surface area contributed by atoms with E-state index in [1.54, 1.807) is 23.5 Å². The number of methoxy groups -OCH3 is 1. The summed E-state index contributed by atoms with van der Waals surface area (Å²) in [4.78, 5) is 13.1. The lowest BCUT2D eigenvalue weighted by molar-refractivity contribution is 0.373. The fourth-order valence-corrected chi connectivity index (χ4v) is 3.30. The number of aromatic hydroxyl groups is 1. The molecule has 1 fully saturated rings. The van der Waals surface area contributed by atoms with E-state index < -0.39 is 0 Å². The van der Waals surface area contributed by atoms with E-state index in [-0.39, 0.29) is 29.7 Å². The molecule has 0 bridgehead atoms. The van der Waals surface area contributed by atoms with E-state index in [2.05, 4.69) is 19.8 Å². The summed E-state index contributed by atoms with van der Waals surface area (Å²) in [5.74, 6) is 1.10. The van der Waals surface area contributed by atoms with Gasteiger partial charge in [-0.2, -0.15) is 0 Å². The van der Waals surface area contributed by atoms with Gasteiger partial charge < -0.3 is 25.4 Å². The molecule has 3 rings (SSSR count). The van der Waals surface area contributed by atoms with Gasteiger partial charge in [-0.3, -0.25) is 0 Å². The number of nitrogens with zero attached hydrogens (tertiary/aromatic N) is 4. The van der Waals surface area contributed by atoms with Crippen molar-refractivity contribution in [2.45, 2.75) is 6.54 Å². The summed E-state index contributed by atoms with van der Waals surface area (Å²) in [7, 11) is 1.52. The second-order valence-electron chi connectivity index (χ2n) is 5.47. The number of hydrogen-bond donors (Lipinski definition) is 2. The van der Waals surface area contributed by atoms with E-state index in [9.17, 15) is 5.11 Å². The van der Waals surface area contributed by atoms with Crippen LogP contribution < -0.4 is 15.4 Å². The largest absolute Gasteiger partial charge is 0.504 e. The van der Waals surface area contributed by atoms with Gasteiger partial charge in [-0.25, -0.2) is 9.98 Å². The van der Waals surface area contributed by atoms with E-state index >= 15 is 0 Å².